The van der Waals surface area contributed by atoms with Crippen molar-refractivity contribution in [2.24, 2.45) is 4.99 Å². The fraction of sp³-hybridized carbons (Fsp3) is 0.226. The number of para-hydroxylation sites is 1. The Kier molecular flexibility index (Phi) is 8.97. The van der Waals surface area contributed by atoms with E-state index in [9.17, 15) is 0 Å². The van der Waals surface area contributed by atoms with Crippen LogP contribution in [0.4, 0.5) is 5.69 Å². The van der Waals surface area contributed by atoms with Gasteiger partial charge in [-0.25, -0.2) is 0 Å². The van der Waals surface area contributed by atoms with Crippen LogP contribution in [0.2, 0.25) is 0 Å². The standard InChI is InChI=1S/C31H34N2P2/c1-24(2)34(25(3)4)23-27-15-13-14-26(33-27)22-32-30-20-11-12-21-31(30)35(28-16-7-5-8-17-28)29-18-9-6-10-19-29/h5-22,24-25H,23H2,1-4H3. The summed E-state index contributed by atoms with van der Waals surface area (Å²) in [6.45, 7) is 9.36. The summed E-state index contributed by atoms with van der Waals surface area (Å²) in [4.78, 5) is 9.93. The lowest BCUT2D eigenvalue weighted by Gasteiger charge is -2.25. The summed E-state index contributed by atoms with van der Waals surface area (Å²) in [5.41, 5.74) is 4.50. The Labute approximate surface area is 213 Å². The van der Waals surface area contributed by atoms with E-state index in [1.807, 2.05) is 6.21 Å². The van der Waals surface area contributed by atoms with E-state index in [0.717, 1.165) is 17.5 Å². The summed E-state index contributed by atoms with van der Waals surface area (Å²) in [7, 11) is -0.802. The maximum atomic E-state index is 4.97. The number of hydrogen-bond donors (Lipinski definition) is 0. The van der Waals surface area contributed by atoms with Gasteiger partial charge in [0.05, 0.1) is 17.6 Å². The Hall–Kier alpha value is -2.66. The van der Waals surface area contributed by atoms with E-state index in [1.54, 1.807) is 0 Å². The van der Waals surface area contributed by atoms with Gasteiger partial charge in [0, 0.05) is 17.2 Å². The molecule has 0 amide bonds. The third kappa shape index (κ3) is 6.72. The fourth-order valence-corrected chi connectivity index (χ4v) is 9.15. The minimum atomic E-state index is -0.711. The SMILES string of the molecule is CC(C)P(Cc1cccc(C=Nc2ccccc2P(c2ccccc2)c2ccccc2)n1)C(C)C. The highest BCUT2D eigenvalue weighted by Gasteiger charge is 2.19. The van der Waals surface area contributed by atoms with Crippen LogP contribution >= 0.6 is 15.8 Å². The Morgan fingerprint density at radius 2 is 1.26 bits per heavy atom. The first-order chi connectivity index (χ1) is 17.0. The van der Waals surface area contributed by atoms with E-state index in [4.69, 9.17) is 9.98 Å². The maximum Gasteiger partial charge on any atom is 0.0816 e. The van der Waals surface area contributed by atoms with Crippen molar-refractivity contribution in [3.63, 3.8) is 0 Å². The maximum absolute atomic E-state index is 4.97. The van der Waals surface area contributed by atoms with Gasteiger partial charge in [0.2, 0.25) is 0 Å². The Morgan fingerprint density at radius 3 is 1.86 bits per heavy atom. The van der Waals surface area contributed by atoms with Gasteiger partial charge in [-0.2, -0.15) is 0 Å². The van der Waals surface area contributed by atoms with Gasteiger partial charge in [0.1, 0.15) is 0 Å². The van der Waals surface area contributed by atoms with Crippen LogP contribution in [0, 0.1) is 0 Å². The van der Waals surface area contributed by atoms with Crippen molar-refractivity contribution >= 4 is 43.7 Å². The van der Waals surface area contributed by atoms with Crippen LogP contribution in [-0.2, 0) is 6.16 Å². The molecular weight excluding hydrogens is 462 g/mol. The zero-order valence-corrected chi connectivity index (χ0v) is 22.8. The van der Waals surface area contributed by atoms with Crippen molar-refractivity contribution in [1.29, 1.82) is 0 Å². The van der Waals surface area contributed by atoms with Gasteiger partial charge in [-0.05, 0) is 48.0 Å². The minimum Gasteiger partial charge on any atom is -0.254 e. The van der Waals surface area contributed by atoms with Crippen LogP contribution in [0.5, 0.6) is 0 Å². The molecule has 35 heavy (non-hydrogen) atoms. The minimum absolute atomic E-state index is 0.0902. The summed E-state index contributed by atoms with van der Waals surface area (Å²) in [6.07, 6.45) is 3.00. The largest absolute Gasteiger partial charge is 0.254 e. The summed E-state index contributed by atoms with van der Waals surface area (Å²) in [5, 5.41) is 3.91. The smallest absolute Gasteiger partial charge is 0.0816 e. The quantitative estimate of drug-likeness (QED) is 0.175. The highest BCUT2D eigenvalue weighted by Crippen LogP contribution is 2.48. The number of benzene rings is 3. The van der Waals surface area contributed by atoms with Gasteiger partial charge in [0.15, 0.2) is 0 Å². The van der Waals surface area contributed by atoms with Gasteiger partial charge in [-0.15, -0.1) is 0 Å². The van der Waals surface area contributed by atoms with Crippen molar-refractivity contribution in [1.82, 2.24) is 4.98 Å². The van der Waals surface area contributed by atoms with Gasteiger partial charge in [-0.3, -0.25) is 9.98 Å². The molecule has 0 radical (unpaired) electrons. The van der Waals surface area contributed by atoms with E-state index < -0.39 is 7.92 Å². The summed E-state index contributed by atoms with van der Waals surface area (Å²) < 4.78 is 0. The number of aliphatic imine (C=N–C) groups is 1. The van der Waals surface area contributed by atoms with Crippen molar-refractivity contribution < 1.29 is 0 Å². The average molecular weight is 497 g/mol. The van der Waals surface area contributed by atoms with E-state index in [2.05, 4.69) is 131 Å². The van der Waals surface area contributed by atoms with Crippen molar-refractivity contribution in [3.05, 3.63) is 115 Å². The van der Waals surface area contributed by atoms with Crippen LogP contribution in [0.3, 0.4) is 0 Å². The monoisotopic (exact) mass is 496 g/mol. The van der Waals surface area contributed by atoms with Gasteiger partial charge in [0.25, 0.3) is 0 Å². The van der Waals surface area contributed by atoms with Crippen molar-refractivity contribution in [2.75, 3.05) is 0 Å². The first kappa shape index (κ1) is 25.4. The third-order valence-electron chi connectivity index (χ3n) is 5.99. The molecule has 0 aliphatic carbocycles. The van der Waals surface area contributed by atoms with Gasteiger partial charge >= 0.3 is 0 Å². The highest BCUT2D eigenvalue weighted by molar-refractivity contribution is 7.80. The zero-order chi connectivity index (χ0) is 24.6. The van der Waals surface area contributed by atoms with E-state index in [-0.39, 0.29) is 7.92 Å². The van der Waals surface area contributed by atoms with E-state index in [1.165, 1.54) is 21.6 Å². The van der Waals surface area contributed by atoms with Crippen LogP contribution in [0.25, 0.3) is 0 Å². The van der Waals surface area contributed by atoms with Gasteiger partial charge in [-0.1, -0.05) is 121 Å². The van der Waals surface area contributed by atoms with Crippen molar-refractivity contribution in [3.8, 4) is 0 Å². The molecule has 1 aromatic heterocycles. The molecule has 0 saturated carbocycles. The Balaban J connectivity index is 1.66. The first-order valence-corrected chi connectivity index (χ1v) is 15.3. The Bertz CT molecular complexity index is 1190. The molecule has 0 bridgehead atoms. The first-order valence-electron chi connectivity index (χ1n) is 12.3. The molecule has 0 aliphatic heterocycles. The lowest BCUT2D eigenvalue weighted by Crippen LogP contribution is -2.20. The van der Waals surface area contributed by atoms with Crippen LogP contribution in [0.15, 0.2) is 108 Å². The second-order valence-corrected chi connectivity index (χ2v) is 14.8. The summed E-state index contributed by atoms with van der Waals surface area (Å²) in [6, 6.07) is 36.4. The van der Waals surface area contributed by atoms with Crippen LogP contribution in [-0.4, -0.2) is 22.5 Å². The zero-order valence-electron chi connectivity index (χ0n) is 21.0. The second-order valence-electron chi connectivity index (χ2n) is 9.17. The molecule has 4 rings (SSSR count). The second kappa shape index (κ2) is 12.3. The molecule has 4 heteroatoms. The molecule has 3 aromatic carbocycles. The van der Waals surface area contributed by atoms with E-state index in [0.29, 0.717) is 11.3 Å². The molecule has 2 nitrogen and oxygen atoms in total. The average Bonchev–Trinajstić information content (AvgIpc) is 2.88. The molecule has 0 fully saturated rings. The predicted molar refractivity (Wildman–Crippen MR) is 158 cm³/mol. The number of pyridine rings is 1. The highest BCUT2D eigenvalue weighted by atomic mass is 31.1. The molecule has 178 valence electrons. The lowest BCUT2D eigenvalue weighted by atomic mass is 10.3. The number of rotatable bonds is 9. The van der Waals surface area contributed by atoms with Gasteiger partial charge < -0.3 is 0 Å². The molecule has 0 saturated heterocycles. The summed E-state index contributed by atoms with van der Waals surface area (Å²) >= 11 is 0. The molecular formula is C31H34N2P2. The number of nitrogens with zero attached hydrogens (tertiary/aromatic N) is 2. The third-order valence-corrected chi connectivity index (χ3v) is 11.8. The molecule has 4 aromatic rings. The predicted octanol–water partition coefficient (Wildman–Crippen LogP) is 7.39. The van der Waals surface area contributed by atoms with Crippen LogP contribution in [0.1, 0.15) is 39.1 Å². The molecule has 0 aliphatic rings. The van der Waals surface area contributed by atoms with Crippen LogP contribution < -0.4 is 15.9 Å². The lowest BCUT2D eigenvalue weighted by molar-refractivity contribution is 0.986. The summed E-state index contributed by atoms with van der Waals surface area (Å²) in [5.74, 6) is 0. The van der Waals surface area contributed by atoms with E-state index >= 15 is 0 Å². The number of aromatic nitrogens is 1. The Morgan fingerprint density at radius 1 is 0.686 bits per heavy atom. The fourth-order valence-electron chi connectivity index (χ4n) is 4.29. The normalized spacial score (nSPS) is 11.9. The number of hydrogen-bond acceptors (Lipinski definition) is 2. The van der Waals surface area contributed by atoms with Crippen molar-refractivity contribution in [2.45, 2.75) is 45.2 Å². The molecule has 0 unspecified atom stereocenters. The molecule has 0 atom stereocenters. The molecule has 0 N–H and O–H groups in total. The molecule has 0 spiro atoms. The molecule has 1 heterocycles. The topological polar surface area (TPSA) is 25.2 Å².